The molecule has 1 rings (SSSR count). The third-order valence-corrected chi connectivity index (χ3v) is 3.21. The van der Waals surface area contributed by atoms with Gasteiger partial charge in [0.1, 0.15) is 0 Å². The second-order valence-electron chi connectivity index (χ2n) is 3.32. The van der Waals surface area contributed by atoms with Crippen molar-refractivity contribution in [2.75, 3.05) is 18.9 Å². The van der Waals surface area contributed by atoms with Gasteiger partial charge in [-0.3, -0.25) is 0 Å². The van der Waals surface area contributed by atoms with Gasteiger partial charge >= 0.3 is 0 Å². The predicted molar refractivity (Wildman–Crippen MR) is 61.6 cm³/mol. The van der Waals surface area contributed by atoms with Crippen LogP contribution in [0, 0.1) is 11.6 Å². The number of hydrogen-bond donors (Lipinski definition) is 2. The lowest BCUT2D eigenvalue weighted by Gasteiger charge is -2.14. The van der Waals surface area contributed by atoms with Crippen molar-refractivity contribution < 1.29 is 13.9 Å². The number of likely N-dealkylation sites (N-methyl/N-ethyl adjacent to an activating group) is 1. The molecule has 2 nitrogen and oxygen atoms in total. The molecule has 0 saturated heterocycles. The molecule has 0 amide bonds. The number of nitrogens with one attached hydrogen (secondary N) is 1. The van der Waals surface area contributed by atoms with Crippen molar-refractivity contribution >= 4 is 11.8 Å². The quantitative estimate of drug-likeness (QED) is 0.754. The molecule has 0 aliphatic carbocycles. The highest BCUT2D eigenvalue weighted by Crippen LogP contribution is 2.20. The van der Waals surface area contributed by atoms with Crippen molar-refractivity contribution in [3.63, 3.8) is 0 Å². The van der Waals surface area contributed by atoms with E-state index >= 15 is 0 Å². The van der Waals surface area contributed by atoms with Crippen LogP contribution in [-0.4, -0.2) is 30.1 Å². The minimum atomic E-state index is -0.839. The summed E-state index contributed by atoms with van der Waals surface area (Å²) in [5, 5.41) is 12.1. The SMILES string of the molecule is CCNC(CO)CSc1ccc(F)c(F)c1. The molecule has 1 aromatic carbocycles. The Morgan fingerprint density at radius 2 is 2.12 bits per heavy atom. The molecule has 16 heavy (non-hydrogen) atoms. The van der Waals surface area contributed by atoms with Gasteiger partial charge in [-0.15, -0.1) is 11.8 Å². The first-order valence-electron chi connectivity index (χ1n) is 5.09. The summed E-state index contributed by atoms with van der Waals surface area (Å²) in [6, 6.07) is 3.78. The zero-order chi connectivity index (χ0) is 12.0. The van der Waals surface area contributed by atoms with Crippen molar-refractivity contribution in [2.24, 2.45) is 0 Å². The summed E-state index contributed by atoms with van der Waals surface area (Å²) in [4.78, 5) is 0.662. The van der Waals surface area contributed by atoms with Crippen LogP contribution in [-0.2, 0) is 0 Å². The first kappa shape index (κ1) is 13.4. The fourth-order valence-corrected chi connectivity index (χ4v) is 2.20. The Bertz CT molecular complexity index is 336. The third-order valence-electron chi connectivity index (χ3n) is 2.06. The maximum atomic E-state index is 12.9. The second kappa shape index (κ2) is 6.83. The summed E-state index contributed by atoms with van der Waals surface area (Å²) >= 11 is 1.39. The van der Waals surface area contributed by atoms with Gasteiger partial charge in [-0.2, -0.15) is 0 Å². The molecular formula is C11H15F2NOS. The number of thioether (sulfide) groups is 1. The fraction of sp³-hybridized carbons (Fsp3) is 0.455. The number of aliphatic hydroxyl groups is 1. The van der Waals surface area contributed by atoms with Crippen LogP contribution < -0.4 is 5.32 Å². The highest BCUT2D eigenvalue weighted by atomic mass is 32.2. The van der Waals surface area contributed by atoms with Crippen LogP contribution in [0.3, 0.4) is 0 Å². The summed E-state index contributed by atoms with van der Waals surface area (Å²) in [6.45, 7) is 2.75. The van der Waals surface area contributed by atoms with E-state index in [1.807, 2.05) is 6.92 Å². The Labute approximate surface area is 98.1 Å². The molecule has 0 radical (unpaired) electrons. The minimum Gasteiger partial charge on any atom is -0.395 e. The van der Waals surface area contributed by atoms with Crippen LogP contribution in [0.2, 0.25) is 0 Å². The molecule has 1 unspecified atom stereocenters. The van der Waals surface area contributed by atoms with Crippen LogP contribution in [0.15, 0.2) is 23.1 Å². The van der Waals surface area contributed by atoms with Gasteiger partial charge in [-0.05, 0) is 24.7 Å². The highest BCUT2D eigenvalue weighted by molar-refractivity contribution is 7.99. The molecule has 0 spiro atoms. The molecule has 0 aromatic heterocycles. The van der Waals surface area contributed by atoms with Crippen molar-refractivity contribution in [3.8, 4) is 0 Å². The molecule has 5 heteroatoms. The van der Waals surface area contributed by atoms with E-state index in [9.17, 15) is 8.78 Å². The molecule has 0 bridgehead atoms. The largest absolute Gasteiger partial charge is 0.395 e. The summed E-state index contributed by atoms with van der Waals surface area (Å²) in [5.41, 5.74) is 0. The van der Waals surface area contributed by atoms with Crippen molar-refractivity contribution in [1.82, 2.24) is 5.32 Å². The van der Waals surface area contributed by atoms with Gasteiger partial charge in [-0.25, -0.2) is 8.78 Å². The van der Waals surface area contributed by atoms with E-state index in [1.54, 1.807) is 0 Å². The highest BCUT2D eigenvalue weighted by Gasteiger charge is 2.08. The Morgan fingerprint density at radius 3 is 2.69 bits per heavy atom. The molecule has 0 aliphatic heterocycles. The maximum absolute atomic E-state index is 12.9. The Morgan fingerprint density at radius 1 is 1.38 bits per heavy atom. The molecule has 2 N–H and O–H groups in total. The van der Waals surface area contributed by atoms with Gasteiger partial charge in [-0.1, -0.05) is 6.92 Å². The zero-order valence-electron chi connectivity index (χ0n) is 9.04. The summed E-state index contributed by atoms with van der Waals surface area (Å²) < 4.78 is 25.5. The van der Waals surface area contributed by atoms with E-state index in [0.717, 1.165) is 12.6 Å². The summed E-state index contributed by atoms with van der Waals surface area (Å²) in [6.07, 6.45) is 0. The molecule has 0 fully saturated rings. The second-order valence-corrected chi connectivity index (χ2v) is 4.42. The van der Waals surface area contributed by atoms with Gasteiger partial charge in [0.25, 0.3) is 0 Å². The lowest BCUT2D eigenvalue weighted by molar-refractivity contribution is 0.255. The Kier molecular flexibility index (Phi) is 5.73. The van der Waals surface area contributed by atoms with E-state index in [0.29, 0.717) is 10.6 Å². The lowest BCUT2D eigenvalue weighted by atomic mass is 10.3. The van der Waals surface area contributed by atoms with E-state index in [2.05, 4.69) is 5.32 Å². The first-order valence-corrected chi connectivity index (χ1v) is 6.08. The van der Waals surface area contributed by atoms with E-state index in [4.69, 9.17) is 5.11 Å². The van der Waals surface area contributed by atoms with Crippen LogP contribution >= 0.6 is 11.8 Å². The number of benzene rings is 1. The lowest BCUT2D eigenvalue weighted by Crippen LogP contribution is -2.34. The fourth-order valence-electron chi connectivity index (χ4n) is 1.23. The van der Waals surface area contributed by atoms with Gasteiger partial charge in [0.2, 0.25) is 0 Å². The first-order chi connectivity index (χ1) is 7.67. The summed E-state index contributed by atoms with van der Waals surface area (Å²) in [5.74, 6) is -1.06. The number of rotatable bonds is 6. The van der Waals surface area contributed by atoms with Crippen LogP contribution in [0.25, 0.3) is 0 Å². The zero-order valence-corrected chi connectivity index (χ0v) is 9.86. The van der Waals surface area contributed by atoms with Crippen LogP contribution in [0.4, 0.5) is 8.78 Å². The van der Waals surface area contributed by atoms with Gasteiger partial charge in [0.15, 0.2) is 11.6 Å². The van der Waals surface area contributed by atoms with E-state index < -0.39 is 11.6 Å². The topological polar surface area (TPSA) is 32.3 Å². The molecule has 1 aromatic rings. The minimum absolute atomic E-state index is 0.0249. The van der Waals surface area contributed by atoms with Gasteiger partial charge in [0, 0.05) is 16.7 Å². The average Bonchev–Trinajstić information content (AvgIpc) is 2.28. The average molecular weight is 247 g/mol. The molecule has 0 heterocycles. The van der Waals surface area contributed by atoms with Gasteiger partial charge < -0.3 is 10.4 Å². The molecule has 1 atom stereocenters. The molecule has 0 aliphatic rings. The number of hydrogen-bond acceptors (Lipinski definition) is 3. The predicted octanol–water partition coefficient (Wildman–Crippen LogP) is 2.03. The maximum Gasteiger partial charge on any atom is 0.159 e. The standard InChI is InChI=1S/C11H15F2NOS/c1-2-14-8(6-15)7-16-9-3-4-10(12)11(13)5-9/h3-5,8,14-15H,2,6-7H2,1H3. The van der Waals surface area contributed by atoms with Crippen molar-refractivity contribution in [3.05, 3.63) is 29.8 Å². The van der Waals surface area contributed by atoms with Crippen molar-refractivity contribution in [1.29, 1.82) is 0 Å². The number of halogens is 2. The molecule has 0 saturated carbocycles. The van der Waals surface area contributed by atoms with Gasteiger partial charge in [0.05, 0.1) is 6.61 Å². The van der Waals surface area contributed by atoms with Crippen molar-refractivity contribution in [2.45, 2.75) is 17.9 Å². The van der Waals surface area contributed by atoms with Crippen LogP contribution in [0.1, 0.15) is 6.92 Å². The third kappa shape index (κ3) is 4.08. The van der Waals surface area contributed by atoms with Crippen LogP contribution in [0.5, 0.6) is 0 Å². The Balaban J connectivity index is 2.50. The molecular weight excluding hydrogens is 232 g/mol. The Hall–Kier alpha value is -0.650. The normalized spacial score (nSPS) is 12.8. The molecule has 90 valence electrons. The van der Waals surface area contributed by atoms with E-state index in [1.165, 1.54) is 23.9 Å². The summed E-state index contributed by atoms with van der Waals surface area (Å²) in [7, 11) is 0. The van der Waals surface area contributed by atoms with E-state index in [-0.39, 0.29) is 12.6 Å². The monoisotopic (exact) mass is 247 g/mol. The number of aliphatic hydroxyl groups excluding tert-OH is 1. The smallest absolute Gasteiger partial charge is 0.159 e.